The van der Waals surface area contributed by atoms with Gasteiger partial charge < -0.3 is 4.90 Å². The van der Waals surface area contributed by atoms with E-state index in [9.17, 15) is 13.6 Å². The summed E-state index contributed by atoms with van der Waals surface area (Å²) in [7, 11) is 1.52. The van der Waals surface area contributed by atoms with Crippen molar-refractivity contribution in [2.24, 2.45) is 0 Å². The van der Waals surface area contributed by atoms with Gasteiger partial charge in [0, 0.05) is 13.6 Å². The number of hydrogen-bond donors (Lipinski definition) is 0. The Kier molecular flexibility index (Phi) is 4.84. The largest absolute Gasteiger partial charge is 0.341 e. The number of halogens is 2. The van der Waals surface area contributed by atoms with Crippen LogP contribution in [0.4, 0.5) is 8.78 Å². The number of nitrogens with zero attached hydrogens (tertiary/aromatic N) is 2. The smallest absolute Gasteiger partial charge is 0.256 e. The molecule has 0 fully saturated rings. The molecule has 0 spiro atoms. The minimum absolute atomic E-state index is 0.0497. The molecule has 0 bridgehead atoms. The first kappa shape index (κ1) is 15.6. The van der Waals surface area contributed by atoms with Crippen LogP contribution >= 0.6 is 0 Å². The molecule has 5 heteroatoms. The van der Waals surface area contributed by atoms with Gasteiger partial charge in [-0.3, -0.25) is 4.79 Å². The van der Waals surface area contributed by atoms with Crippen LogP contribution in [0.5, 0.6) is 0 Å². The summed E-state index contributed by atoms with van der Waals surface area (Å²) in [6.07, 6.45) is 0.192. The predicted octanol–water partition coefficient (Wildman–Crippen LogP) is 3.62. The van der Waals surface area contributed by atoms with Crippen LogP contribution in [0, 0.1) is 23.0 Å². The van der Waals surface area contributed by atoms with Gasteiger partial charge in [-0.1, -0.05) is 18.2 Å². The molecule has 0 radical (unpaired) electrons. The molecule has 0 unspecified atom stereocenters. The van der Waals surface area contributed by atoms with Crippen molar-refractivity contribution in [1.29, 1.82) is 5.26 Å². The van der Waals surface area contributed by atoms with Gasteiger partial charge in [0.15, 0.2) is 0 Å². The molecule has 2 aromatic carbocycles. The predicted molar refractivity (Wildman–Crippen MR) is 79.0 cm³/mol. The molecule has 0 saturated heterocycles. The van der Waals surface area contributed by atoms with E-state index in [1.165, 1.54) is 36.2 Å². The lowest BCUT2D eigenvalue weighted by atomic mass is 10.0. The van der Waals surface area contributed by atoms with Gasteiger partial charge in [0.25, 0.3) is 5.91 Å². The second kappa shape index (κ2) is 6.81. The summed E-state index contributed by atoms with van der Waals surface area (Å²) >= 11 is 0. The molecule has 2 rings (SSSR count). The average Bonchev–Trinajstić information content (AvgIpc) is 2.52. The summed E-state index contributed by atoms with van der Waals surface area (Å²) in [5.74, 6) is -1.48. The van der Waals surface area contributed by atoms with Crippen LogP contribution in [-0.4, -0.2) is 24.4 Å². The van der Waals surface area contributed by atoms with E-state index in [0.29, 0.717) is 11.1 Å². The van der Waals surface area contributed by atoms with E-state index < -0.39 is 11.7 Å². The zero-order chi connectivity index (χ0) is 16.1. The van der Waals surface area contributed by atoms with E-state index in [-0.39, 0.29) is 24.3 Å². The molecule has 2 aromatic rings. The van der Waals surface area contributed by atoms with Crippen LogP contribution < -0.4 is 0 Å². The van der Waals surface area contributed by atoms with Crippen molar-refractivity contribution in [3.63, 3.8) is 0 Å². The molecule has 0 N–H and O–H groups in total. The molecule has 0 heterocycles. The fourth-order valence-electron chi connectivity index (χ4n) is 2.04. The minimum atomic E-state index is -0.643. The Balaban J connectivity index is 2.24. The zero-order valence-corrected chi connectivity index (χ0v) is 12.0. The molecule has 3 nitrogen and oxygen atoms in total. The second-order valence-corrected chi connectivity index (χ2v) is 4.84. The van der Waals surface area contributed by atoms with Gasteiger partial charge in [0.05, 0.1) is 18.1 Å². The molecule has 112 valence electrons. The highest BCUT2D eigenvalue weighted by Gasteiger charge is 2.16. The number of rotatable bonds is 4. The first-order valence-corrected chi connectivity index (χ1v) is 6.71. The molecular weight excluding hydrogens is 286 g/mol. The van der Waals surface area contributed by atoms with Crippen molar-refractivity contribution >= 4 is 5.91 Å². The molecule has 22 heavy (non-hydrogen) atoms. The summed E-state index contributed by atoms with van der Waals surface area (Å²) in [6, 6.07) is 11.9. The van der Waals surface area contributed by atoms with Gasteiger partial charge in [0.2, 0.25) is 0 Å². The number of nitriles is 1. The standard InChI is InChI=1S/C17H14F2N2O/c1-21(10-2-9-20)17(22)15-8-5-13(11-16(15)19)12-3-6-14(18)7-4-12/h3-8,11H,2,10H2,1H3. The number of carbonyl (C=O) groups is 1. The van der Waals surface area contributed by atoms with Crippen LogP contribution in [0.1, 0.15) is 16.8 Å². The Morgan fingerprint density at radius 2 is 1.77 bits per heavy atom. The molecule has 1 amide bonds. The summed E-state index contributed by atoms with van der Waals surface area (Å²) < 4.78 is 27.1. The Morgan fingerprint density at radius 1 is 1.14 bits per heavy atom. The lowest BCUT2D eigenvalue weighted by molar-refractivity contribution is 0.0793. The van der Waals surface area contributed by atoms with E-state index in [1.807, 2.05) is 6.07 Å². The molecule has 0 aliphatic carbocycles. The van der Waals surface area contributed by atoms with Gasteiger partial charge in [-0.2, -0.15) is 5.26 Å². The quantitative estimate of drug-likeness (QED) is 0.865. The number of benzene rings is 2. The Bertz CT molecular complexity index is 720. The highest BCUT2D eigenvalue weighted by Crippen LogP contribution is 2.23. The third-order valence-corrected chi connectivity index (χ3v) is 3.28. The molecule has 0 saturated carbocycles. The third kappa shape index (κ3) is 3.47. The monoisotopic (exact) mass is 300 g/mol. The maximum atomic E-state index is 14.2. The third-order valence-electron chi connectivity index (χ3n) is 3.28. The van der Waals surface area contributed by atoms with Crippen molar-refractivity contribution in [2.75, 3.05) is 13.6 Å². The lowest BCUT2D eigenvalue weighted by Crippen LogP contribution is -2.28. The van der Waals surface area contributed by atoms with Crippen molar-refractivity contribution in [3.8, 4) is 17.2 Å². The van der Waals surface area contributed by atoms with Crippen LogP contribution in [0.15, 0.2) is 42.5 Å². The number of carbonyl (C=O) groups excluding carboxylic acids is 1. The van der Waals surface area contributed by atoms with Crippen LogP contribution in [0.2, 0.25) is 0 Å². The van der Waals surface area contributed by atoms with E-state index in [0.717, 1.165) is 0 Å². The fourth-order valence-corrected chi connectivity index (χ4v) is 2.04. The number of hydrogen-bond acceptors (Lipinski definition) is 2. The summed E-state index contributed by atoms with van der Waals surface area (Å²) in [5, 5.41) is 8.52. The van der Waals surface area contributed by atoms with Crippen molar-refractivity contribution in [3.05, 3.63) is 59.7 Å². The van der Waals surface area contributed by atoms with Gasteiger partial charge in [-0.05, 0) is 35.4 Å². The Morgan fingerprint density at radius 3 is 2.36 bits per heavy atom. The number of amides is 1. The van der Waals surface area contributed by atoms with Gasteiger partial charge in [0.1, 0.15) is 11.6 Å². The van der Waals surface area contributed by atoms with Crippen molar-refractivity contribution in [1.82, 2.24) is 4.90 Å². The zero-order valence-electron chi connectivity index (χ0n) is 12.0. The summed E-state index contributed by atoms with van der Waals surface area (Å²) in [6.45, 7) is 0.245. The van der Waals surface area contributed by atoms with Crippen LogP contribution in [0.25, 0.3) is 11.1 Å². The molecule has 0 aromatic heterocycles. The molecular formula is C17H14F2N2O. The van der Waals surface area contributed by atoms with Crippen LogP contribution in [0.3, 0.4) is 0 Å². The maximum absolute atomic E-state index is 14.2. The van der Waals surface area contributed by atoms with Gasteiger partial charge in [-0.25, -0.2) is 8.78 Å². The Hall–Kier alpha value is -2.74. The maximum Gasteiger partial charge on any atom is 0.256 e. The van der Waals surface area contributed by atoms with Gasteiger partial charge >= 0.3 is 0 Å². The van der Waals surface area contributed by atoms with E-state index in [1.54, 1.807) is 18.2 Å². The van der Waals surface area contributed by atoms with Crippen molar-refractivity contribution in [2.45, 2.75) is 6.42 Å². The first-order valence-electron chi connectivity index (χ1n) is 6.71. The SMILES string of the molecule is CN(CCC#N)C(=O)c1ccc(-c2ccc(F)cc2)cc1F. The molecule has 0 atom stereocenters. The average molecular weight is 300 g/mol. The minimum Gasteiger partial charge on any atom is -0.341 e. The highest BCUT2D eigenvalue weighted by atomic mass is 19.1. The summed E-state index contributed by atoms with van der Waals surface area (Å²) in [4.78, 5) is 13.4. The highest BCUT2D eigenvalue weighted by molar-refractivity contribution is 5.94. The van der Waals surface area contributed by atoms with E-state index in [2.05, 4.69) is 0 Å². The van der Waals surface area contributed by atoms with Crippen LogP contribution in [-0.2, 0) is 0 Å². The second-order valence-electron chi connectivity index (χ2n) is 4.84. The molecule has 0 aliphatic rings. The van der Waals surface area contributed by atoms with E-state index in [4.69, 9.17) is 5.26 Å². The fraction of sp³-hybridized carbons (Fsp3) is 0.176. The lowest BCUT2D eigenvalue weighted by Gasteiger charge is -2.16. The van der Waals surface area contributed by atoms with E-state index >= 15 is 0 Å². The molecule has 0 aliphatic heterocycles. The first-order chi connectivity index (χ1) is 10.5. The topological polar surface area (TPSA) is 44.1 Å². The Labute approximate surface area is 127 Å². The van der Waals surface area contributed by atoms with Crippen molar-refractivity contribution < 1.29 is 13.6 Å². The summed E-state index contributed by atoms with van der Waals surface area (Å²) in [5.41, 5.74) is 1.18. The normalized spacial score (nSPS) is 10.1. The van der Waals surface area contributed by atoms with Gasteiger partial charge in [-0.15, -0.1) is 0 Å².